The van der Waals surface area contributed by atoms with Crippen molar-refractivity contribution in [2.45, 2.75) is 31.7 Å². The van der Waals surface area contributed by atoms with E-state index in [2.05, 4.69) is 0 Å². The van der Waals surface area contributed by atoms with Crippen LogP contribution in [0.2, 0.25) is 0 Å². The van der Waals surface area contributed by atoms with Gasteiger partial charge >= 0.3 is 5.97 Å². The first kappa shape index (κ1) is 9.98. The van der Waals surface area contributed by atoms with E-state index in [1.807, 2.05) is 0 Å². The fourth-order valence-electron chi connectivity index (χ4n) is 1.71. The highest BCUT2D eigenvalue weighted by atomic mass is 16.4. The van der Waals surface area contributed by atoms with E-state index in [-0.39, 0.29) is 6.42 Å². The average Bonchev–Trinajstić information content (AvgIpc) is 1.79. The Balaban J connectivity index is 2.66. The zero-order valence-electron chi connectivity index (χ0n) is 7.32. The Hall–Kier alpha value is -1.10. The van der Waals surface area contributed by atoms with Gasteiger partial charge in [0.2, 0.25) is 5.91 Å². The van der Waals surface area contributed by atoms with Gasteiger partial charge in [-0.05, 0) is 12.8 Å². The van der Waals surface area contributed by atoms with Gasteiger partial charge in [0.1, 0.15) is 0 Å². The molecule has 0 heterocycles. The van der Waals surface area contributed by atoms with Gasteiger partial charge in [-0.15, -0.1) is 0 Å². The molecule has 0 bridgehead atoms. The van der Waals surface area contributed by atoms with Crippen molar-refractivity contribution in [2.75, 3.05) is 0 Å². The van der Waals surface area contributed by atoms with Crippen LogP contribution < -0.4 is 11.5 Å². The molecular weight excluding hydrogens is 172 g/mol. The van der Waals surface area contributed by atoms with Crippen molar-refractivity contribution < 1.29 is 14.7 Å². The maximum atomic E-state index is 10.9. The normalized spacial score (nSPS) is 21.6. The van der Waals surface area contributed by atoms with Gasteiger partial charge < -0.3 is 16.6 Å². The van der Waals surface area contributed by atoms with Gasteiger partial charge in [0.25, 0.3) is 0 Å². The molecule has 0 aromatic heterocycles. The summed E-state index contributed by atoms with van der Waals surface area (Å²) in [5.41, 5.74) is 9.70. The first-order valence-corrected chi connectivity index (χ1v) is 4.26. The Kier molecular flexibility index (Phi) is 2.56. The zero-order chi connectivity index (χ0) is 10.1. The number of nitrogens with two attached hydrogens (primary N) is 2. The highest BCUT2D eigenvalue weighted by molar-refractivity contribution is 5.80. The van der Waals surface area contributed by atoms with Crippen LogP contribution in [0.15, 0.2) is 0 Å². The van der Waals surface area contributed by atoms with E-state index < -0.39 is 23.3 Å². The maximum absolute atomic E-state index is 10.9. The average molecular weight is 186 g/mol. The Bertz CT molecular complexity index is 236. The van der Waals surface area contributed by atoms with Gasteiger partial charge in [0.05, 0.1) is 5.41 Å². The molecule has 1 amide bonds. The van der Waals surface area contributed by atoms with E-state index in [0.717, 1.165) is 6.42 Å². The number of carbonyl (C=O) groups excluding carboxylic acids is 1. The van der Waals surface area contributed by atoms with Crippen LogP contribution in [-0.2, 0) is 9.59 Å². The standard InChI is InChI=1S/C8H14N2O3/c9-5(4-6(10)11)8(7(12)13)2-1-3-8/h5H,1-4,9H2,(H2,10,11)(H,12,13). The third kappa shape index (κ3) is 1.65. The Labute approximate surface area is 76.1 Å². The van der Waals surface area contributed by atoms with Gasteiger partial charge in [-0.1, -0.05) is 6.42 Å². The molecule has 74 valence electrons. The van der Waals surface area contributed by atoms with Crippen LogP contribution in [0.25, 0.3) is 0 Å². The number of rotatable bonds is 4. The molecule has 13 heavy (non-hydrogen) atoms. The molecule has 1 unspecified atom stereocenters. The molecule has 5 nitrogen and oxygen atoms in total. The lowest BCUT2D eigenvalue weighted by Crippen LogP contribution is -2.53. The monoisotopic (exact) mass is 186 g/mol. The smallest absolute Gasteiger partial charge is 0.311 e. The molecule has 1 saturated carbocycles. The zero-order valence-corrected chi connectivity index (χ0v) is 7.32. The van der Waals surface area contributed by atoms with Gasteiger partial charge in [0, 0.05) is 12.5 Å². The van der Waals surface area contributed by atoms with Crippen LogP contribution in [0, 0.1) is 5.41 Å². The van der Waals surface area contributed by atoms with E-state index in [1.165, 1.54) is 0 Å². The Morgan fingerprint density at radius 2 is 2.00 bits per heavy atom. The second-order valence-corrected chi connectivity index (χ2v) is 3.59. The minimum Gasteiger partial charge on any atom is -0.481 e. The third-order valence-corrected chi connectivity index (χ3v) is 2.80. The van der Waals surface area contributed by atoms with Crippen molar-refractivity contribution in [3.8, 4) is 0 Å². The van der Waals surface area contributed by atoms with Crippen molar-refractivity contribution in [1.82, 2.24) is 0 Å². The van der Waals surface area contributed by atoms with E-state index in [0.29, 0.717) is 12.8 Å². The van der Waals surface area contributed by atoms with E-state index in [9.17, 15) is 9.59 Å². The minimum absolute atomic E-state index is 0.0493. The minimum atomic E-state index is -0.910. The number of primary amides is 1. The number of carbonyl (C=O) groups is 2. The Morgan fingerprint density at radius 3 is 2.23 bits per heavy atom. The van der Waals surface area contributed by atoms with Crippen molar-refractivity contribution in [3.63, 3.8) is 0 Å². The first-order valence-electron chi connectivity index (χ1n) is 4.26. The molecule has 5 heteroatoms. The summed E-state index contributed by atoms with van der Waals surface area (Å²) in [5, 5.41) is 8.93. The third-order valence-electron chi connectivity index (χ3n) is 2.80. The predicted octanol–water partition coefficient (Wildman–Crippen LogP) is -0.556. The fraction of sp³-hybridized carbons (Fsp3) is 0.750. The maximum Gasteiger partial charge on any atom is 0.311 e. The van der Waals surface area contributed by atoms with E-state index in [4.69, 9.17) is 16.6 Å². The first-order chi connectivity index (χ1) is 5.99. The van der Waals surface area contributed by atoms with Crippen LogP contribution >= 0.6 is 0 Å². The highest BCUT2D eigenvalue weighted by Crippen LogP contribution is 2.44. The topological polar surface area (TPSA) is 106 Å². The molecule has 0 radical (unpaired) electrons. The number of hydrogen-bond acceptors (Lipinski definition) is 3. The summed E-state index contributed by atoms with van der Waals surface area (Å²) in [6.45, 7) is 0. The lowest BCUT2D eigenvalue weighted by Gasteiger charge is -2.41. The van der Waals surface area contributed by atoms with Crippen LogP contribution in [0.1, 0.15) is 25.7 Å². The second kappa shape index (κ2) is 3.33. The number of hydrogen-bond donors (Lipinski definition) is 3. The van der Waals surface area contributed by atoms with Crippen LogP contribution in [0.4, 0.5) is 0 Å². The second-order valence-electron chi connectivity index (χ2n) is 3.59. The summed E-state index contributed by atoms with van der Waals surface area (Å²) in [6, 6.07) is -0.642. The van der Waals surface area contributed by atoms with E-state index >= 15 is 0 Å². The van der Waals surface area contributed by atoms with Gasteiger partial charge in [0.15, 0.2) is 0 Å². The molecule has 0 aromatic rings. The van der Waals surface area contributed by atoms with Crippen molar-refractivity contribution in [2.24, 2.45) is 16.9 Å². The lowest BCUT2D eigenvalue weighted by molar-refractivity contribution is -0.156. The summed E-state index contributed by atoms with van der Waals surface area (Å²) in [4.78, 5) is 21.5. The molecule has 0 aromatic carbocycles. The molecule has 1 aliphatic rings. The fourth-order valence-corrected chi connectivity index (χ4v) is 1.71. The molecule has 1 aliphatic carbocycles. The Morgan fingerprint density at radius 1 is 1.46 bits per heavy atom. The highest BCUT2D eigenvalue weighted by Gasteiger charge is 2.49. The summed E-state index contributed by atoms with van der Waals surface area (Å²) in [6.07, 6.45) is 1.92. The molecule has 1 rings (SSSR count). The quantitative estimate of drug-likeness (QED) is 0.547. The molecule has 5 N–H and O–H groups in total. The van der Waals surface area contributed by atoms with Gasteiger partial charge in [-0.3, -0.25) is 9.59 Å². The van der Waals surface area contributed by atoms with E-state index in [1.54, 1.807) is 0 Å². The van der Waals surface area contributed by atoms with Crippen LogP contribution in [0.3, 0.4) is 0 Å². The largest absolute Gasteiger partial charge is 0.481 e. The molecule has 0 saturated heterocycles. The van der Waals surface area contributed by atoms with Crippen molar-refractivity contribution in [1.29, 1.82) is 0 Å². The number of carboxylic acids is 1. The predicted molar refractivity (Wildman–Crippen MR) is 45.7 cm³/mol. The van der Waals surface area contributed by atoms with Gasteiger partial charge in [-0.25, -0.2) is 0 Å². The SMILES string of the molecule is NC(=O)CC(N)C1(C(=O)O)CCC1. The lowest BCUT2D eigenvalue weighted by atomic mass is 9.63. The summed E-state index contributed by atoms with van der Waals surface area (Å²) in [7, 11) is 0. The summed E-state index contributed by atoms with van der Waals surface area (Å²) in [5.74, 6) is -1.45. The number of carboxylic acid groups (broad SMARTS) is 1. The molecule has 0 aliphatic heterocycles. The summed E-state index contributed by atoms with van der Waals surface area (Å²) >= 11 is 0. The van der Waals surface area contributed by atoms with Crippen molar-refractivity contribution >= 4 is 11.9 Å². The van der Waals surface area contributed by atoms with Crippen LogP contribution in [-0.4, -0.2) is 23.0 Å². The van der Waals surface area contributed by atoms with Gasteiger partial charge in [-0.2, -0.15) is 0 Å². The molecular formula is C8H14N2O3. The molecule has 1 fully saturated rings. The molecule has 0 spiro atoms. The summed E-state index contributed by atoms with van der Waals surface area (Å²) < 4.78 is 0. The number of amides is 1. The molecule has 1 atom stereocenters. The number of aliphatic carboxylic acids is 1. The van der Waals surface area contributed by atoms with Crippen LogP contribution in [0.5, 0.6) is 0 Å². The van der Waals surface area contributed by atoms with Crippen molar-refractivity contribution in [3.05, 3.63) is 0 Å².